The molecule has 1 amide bonds. The summed E-state index contributed by atoms with van der Waals surface area (Å²) < 4.78 is 50.5. The normalized spacial score (nSPS) is 20.1. The van der Waals surface area contributed by atoms with Crippen LogP contribution in [0.3, 0.4) is 0 Å². The number of halogens is 4. The maximum atomic E-state index is 13.1. The lowest BCUT2D eigenvalue weighted by Crippen LogP contribution is -2.50. The number of carbonyl (C=O) groups excluding carboxylic acids is 1. The molecule has 1 aliphatic heterocycles. The van der Waals surface area contributed by atoms with Crippen molar-refractivity contribution in [2.75, 3.05) is 6.54 Å². The van der Waals surface area contributed by atoms with Gasteiger partial charge in [-0.1, -0.05) is 0 Å². The van der Waals surface area contributed by atoms with Crippen molar-refractivity contribution in [2.45, 2.75) is 31.7 Å². The molecule has 0 saturated carbocycles. The van der Waals surface area contributed by atoms with Crippen molar-refractivity contribution in [1.29, 1.82) is 0 Å². The first-order valence-electron chi connectivity index (χ1n) is 5.39. The third-order valence-electron chi connectivity index (χ3n) is 3.10. The number of carbonyl (C=O) groups is 1. The van der Waals surface area contributed by atoms with E-state index in [0.717, 1.165) is 15.3 Å². The average molecular weight is 281 g/mol. The van der Waals surface area contributed by atoms with Gasteiger partial charge in [0.1, 0.15) is 0 Å². The zero-order chi connectivity index (χ0) is 13.5. The molecule has 0 saturated heterocycles. The predicted octanol–water partition coefficient (Wildman–Crippen LogP) is 3.09. The Morgan fingerprint density at radius 1 is 1.56 bits per heavy atom. The number of hydrogen-bond donors (Lipinski definition) is 0. The average Bonchev–Trinajstić information content (AvgIpc) is 2.77. The Hall–Kier alpha value is -1.11. The van der Waals surface area contributed by atoms with Gasteiger partial charge in [-0.2, -0.15) is 8.78 Å². The number of fused-ring (bicyclic) bond motifs is 1. The predicted molar refractivity (Wildman–Crippen MR) is 59.1 cm³/mol. The van der Waals surface area contributed by atoms with Crippen LogP contribution in [-0.2, 0) is 11.2 Å². The van der Waals surface area contributed by atoms with Crippen LogP contribution in [0, 0.1) is 0 Å². The summed E-state index contributed by atoms with van der Waals surface area (Å²) in [5, 5.41) is 1.81. The summed E-state index contributed by atoms with van der Waals surface area (Å²) in [7, 11) is 0. The van der Waals surface area contributed by atoms with E-state index in [9.17, 15) is 22.4 Å². The summed E-state index contributed by atoms with van der Waals surface area (Å²) >= 11 is 1.48. The summed E-state index contributed by atoms with van der Waals surface area (Å²) in [6.45, 7) is 1.62. The minimum absolute atomic E-state index is 0.0514. The van der Waals surface area contributed by atoms with Gasteiger partial charge in [0.25, 0.3) is 5.91 Å². The molecular weight excluding hydrogens is 270 g/mol. The van der Waals surface area contributed by atoms with Crippen LogP contribution in [0.5, 0.6) is 0 Å². The van der Waals surface area contributed by atoms with E-state index in [4.69, 9.17) is 0 Å². The second kappa shape index (κ2) is 4.53. The molecule has 1 aromatic heterocycles. The Bertz CT molecular complexity index is 460. The number of rotatable bonds is 2. The first-order valence-corrected chi connectivity index (χ1v) is 6.27. The van der Waals surface area contributed by atoms with Crippen LogP contribution in [0.25, 0.3) is 0 Å². The van der Waals surface area contributed by atoms with Crippen LogP contribution in [0.2, 0.25) is 0 Å². The fourth-order valence-electron chi connectivity index (χ4n) is 2.07. The van der Waals surface area contributed by atoms with E-state index in [1.54, 1.807) is 18.4 Å². The second-order valence-corrected chi connectivity index (χ2v) is 5.15. The standard InChI is InChI=1S/C11H11F4NOS/c1-6-7-3-5-18-8(7)2-4-16(6)10(17)11(14,15)9(12)13/h3,5-6,9H,2,4H2,1H3. The third kappa shape index (κ3) is 2.00. The van der Waals surface area contributed by atoms with Gasteiger partial charge in [0.05, 0.1) is 6.04 Å². The molecule has 2 heterocycles. The Kier molecular flexibility index (Phi) is 3.35. The summed E-state index contributed by atoms with van der Waals surface area (Å²) in [5.74, 6) is -6.40. The quantitative estimate of drug-likeness (QED) is 0.763. The number of alkyl halides is 4. The third-order valence-corrected chi connectivity index (χ3v) is 4.09. The summed E-state index contributed by atoms with van der Waals surface area (Å²) in [4.78, 5) is 13.4. The van der Waals surface area contributed by atoms with Crippen LogP contribution in [0.15, 0.2) is 11.4 Å². The van der Waals surface area contributed by atoms with Gasteiger partial charge in [-0.05, 0) is 30.4 Å². The van der Waals surface area contributed by atoms with Gasteiger partial charge in [0.15, 0.2) is 0 Å². The van der Waals surface area contributed by atoms with Crippen LogP contribution in [0.1, 0.15) is 23.4 Å². The van der Waals surface area contributed by atoms with E-state index in [1.807, 2.05) is 0 Å². The molecule has 18 heavy (non-hydrogen) atoms. The van der Waals surface area contributed by atoms with Crippen molar-refractivity contribution >= 4 is 17.2 Å². The minimum atomic E-state index is -4.61. The maximum absolute atomic E-state index is 13.1. The highest BCUT2D eigenvalue weighted by Crippen LogP contribution is 2.36. The summed E-state index contributed by atoms with van der Waals surface area (Å²) in [6.07, 6.45) is -3.54. The van der Waals surface area contributed by atoms with Crippen LogP contribution in [-0.4, -0.2) is 29.7 Å². The number of hydrogen-bond acceptors (Lipinski definition) is 2. The molecule has 0 spiro atoms. The van der Waals surface area contributed by atoms with Crippen molar-refractivity contribution in [3.63, 3.8) is 0 Å². The molecule has 2 rings (SSSR count). The molecular formula is C11H11F4NOS. The Balaban J connectivity index is 2.24. The lowest BCUT2D eigenvalue weighted by atomic mass is 10.0. The zero-order valence-corrected chi connectivity index (χ0v) is 10.3. The van der Waals surface area contributed by atoms with Crippen LogP contribution >= 0.6 is 11.3 Å². The molecule has 7 heteroatoms. The van der Waals surface area contributed by atoms with Crippen molar-refractivity contribution in [3.05, 3.63) is 21.9 Å². The van der Waals surface area contributed by atoms with Crippen molar-refractivity contribution in [3.8, 4) is 0 Å². The van der Waals surface area contributed by atoms with Gasteiger partial charge >= 0.3 is 12.3 Å². The zero-order valence-electron chi connectivity index (χ0n) is 9.50. The molecule has 0 aliphatic carbocycles. The minimum Gasteiger partial charge on any atom is -0.330 e. The Morgan fingerprint density at radius 2 is 2.22 bits per heavy atom. The number of amides is 1. The smallest absolute Gasteiger partial charge is 0.330 e. The highest BCUT2D eigenvalue weighted by molar-refractivity contribution is 7.10. The van der Waals surface area contributed by atoms with Gasteiger partial charge in [-0.25, -0.2) is 8.78 Å². The molecule has 0 aromatic carbocycles. The molecule has 0 fully saturated rings. The van der Waals surface area contributed by atoms with Gasteiger partial charge in [0.2, 0.25) is 0 Å². The first kappa shape index (κ1) is 13.3. The molecule has 1 aliphatic rings. The van der Waals surface area contributed by atoms with E-state index < -0.39 is 24.3 Å². The molecule has 2 nitrogen and oxygen atoms in total. The van der Waals surface area contributed by atoms with Crippen molar-refractivity contribution < 1.29 is 22.4 Å². The van der Waals surface area contributed by atoms with E-state index in [1.165, 1.54) is 11.3 Å². The monoisotopic (exact) mass is 281 g/mol. The second-order valence-electron chi connectivity index (χ2n) is 4.15. The highest BCUT2D eigenvalue weighted by Gasteiger charge is 2.52. The summed E-state index contributed by atoms with van der Waals surface area (Å²) in [6, 6.07) is 1.15. The molecule has 0 radical (unpaired) electrons. The van der Waals surface area contributed by atoms with Gasteiger partial charge in [-0.3, -0.25) is 4.79 Å². The first-order chi connectivity index (χ1) is 8.35. The molecule has 1 aromatic rings. The lowest BCUT2D eigenvalue weighted by Gasteiger charge is -2.35. The van der Waals surface area contributed by atoms with E-state index in [2.05, 4.69) is 0 Å². The number of thiophene rings is 1. The van der Waals surface area contributed by atoms with Gasteiger partial charge in [-0.15, -0.1) is 11.3 Å². The maximum Gasteiger partial charge on any atom is 0.383 e. The number of nitrogens with zero attached hydrogens (tertiary/aromatic N) is 1. The Labute approximate surface area is 105 Å². The molecule has 100 valence electrons. The topological polar surface area (TPSA) is 20.3 Å². The molecule has 0 N–H and O–H groups in total. The van der Waals surface area contributed by atoms with Crippen LogP contribution < -0.4 is 0 Å². The largest absolute Gasteiger partial charge is 0.383 e. The Morgan fingerprint density at radius 3 is 2.83 bits per heavy atom. The summed E-state index contributed by atoms with van der Waals surface area (Å²) in [5.41, 5.74) is 0.768. The van der Waals surface area contributed by atoms with E-state index in [0.29, 0.717) is 6.42 Å². The molecule has 0 bridgehead atoms. The lowest BCUT2D eigenvalue weighted by molar-refractivity contribution is -0.183. The fourth-order valence-corrected chi connectivity index (χ4v) is 3.03. The molecule has 1 atom stereocenters. The van der Waals surface area contributed by atoms with Crippen LogP contribution in [0.4, 0.5) is 17.6 Å². The van der Waals surface area contributed by atoms with Gasteiger partial charge in [0, 0.05) is 11.4 Å². The van der Waals surface area contributed by atoms with E-state index >= 15 is 0 Å². The van der Waals surface area contributed by atoms with Crippen molar-refractivity contribution in [2.24, 2.45) is 0 Å². The fraction of sp³-hybridized carbons (Fsp3) is 0.545. The molecule has 1 unspecified atom stereocenters. The van der Waals surface area contributed by atoms with Gasteiger partial charge < -0.3 is 4.90 Å². The van der Waals surface area contributed by atoms with E-state index in [-0.39, 0.29) is 6.54 Å². The van der Waals surface area contributed by atoms with Crippen molar-refractivity contribution in [1.82, 2.24) is 4.90 Å². The SMILES string of the molecule is CC1c2ccsc2CCN1C(=O)C(F)(F)C(F)F. The highest BCUT2D eigenvalue weighted by atomic mass is 32.1.